The molecule has 0 bridgehead atoms. The van der Waals surface area contributed by atoms with Gasteiger partial charge >= 0.3 is 0 Å². The molecule has 0 saturated carbocycles. The van der Waals surface area contributed by atoms with E-state index in [2.05, 4.69) is 21.9 Å². The molecule has 5 nitrogen and oxygen atoms in total. The molecule has 3 N–H and O–H groups in total. The zero-order valence-electron chi connectivity index (χ0n) is 6.94. The van der Waals surface area contributed by atoms with Gasteiger partial charge in [0.25, 0.3) is 0 Å². The van der Waals surface area contributed by atoms with Crippen molar-refractivity contribution in [1.82, 2.24) is 20.0 Å². The van der Waals surface area contributed by atoms with E-state index in [0.29, 0.717) is 5.69 Å². The zero-order valence-corrected chi connectivity index (χ0v) is 6.94. The average Bonchev–Trinajstić information content (AvgIpc) is 2.71. The fourth-order valence-corrected chi connectivity index (χ4v) is 1.09. The van der Waals surface area contributed by atoms with E-state index in [1.807, 2.05) is 6.20 Å². The lowest BCUT2D eigenvalue weighted by molar-refractivity contribution is 0.937. The minimum Gasteiger partial charge on any atom is -0.396 e. The fraction of sp³-hybridized carbons (Fsp3) is 0. The van der Waals surface area contributed by atoms with E-state index >= 15 is 0 Å². The summed E-state index contributed by atoms with van der Waals surface area (Å²) in [5.74, 6) is 0. The third kappa shape index (κ3) is 1.20. The molecular formula is C8H9N5. The Hall–Kier alpha value is -2.04. The summed E-state index contributed by atoms with van der Waals surface area (Å²) in [4.78, 5) is 0. The van der Waals surface area contributed by atoms with Crippen molar-refractivity contribution in [3.05, 3.63) is 25.2 Å². The topological polar surface area (TPSA) is 72.5 Å². The van der Waals surface area contributed by atoms with E-state index in [4.69, 9.17) is 5.73 Å². The van der Waals surface area contributed by atoms with Crippen molar-refractivity contribution in [1.29, 1.82) is 0 Å². The van der Waals surface area contributed by atoms with Gasteiger partial charge in [0.1, 0.15) is 0 Å². The highest BCUT2D eigenvalue weighted by Gasteiger charge is 2.05. The van der Waals surface area contributed by atoms with Crippen LogP contribution >= 0.6 is 0 Å². The van der Waals surface area contributed by atoms with Crippen LogP contribution in [0.2, 0.25) is 0 Å². The fourth-order valence-electron chi connectivity index (χ4n) is 1.09. The van der Waals surface area contributed by atoms with Crippen molar-refractivity contribution in [3.8, 4) is 11.3 Å². The molecule has 0 aliphatic carbocycles. The van der Waals surface area contributed by atoms with Crippen molar-refractivity contribution in [2.24, 2.45) is 0 Å². The lowest BCUT2D eigenvalue weighted by Crippen LogP contribution is -1.85. The molecule has 0 saturated heterocycles. The van der Waals surface area contributed by atoms with Gasteiger partial charge in [-0.25, -0.2) is 4.68 Å². The van der Waals surface area contributed by atoms with Gasteiger partial charge in [-0.3, -0.25) is 5.10 Å². The Morgan fingerprint density at radius 2 is 2.38 bits per heavy atom. The molecule has 0 spiro atoms. The van der Waals surface area contributed by atoms with Crippen LogP contribution in [0.5, 0.6) is 0 Å². The van der Waals surface area contributed by atoms with E-state index < -0.39 is 0 Å². The monoisotopic (exact) mass is 175 g/mol. The summed E-state index contributed by atoms with van der Waals surface area (Å²) in [7, 11) is 0. The standard InChI is InChI=1S/C8H9N5/c1-2-13-5-6(3-11-13)8-7(9)4-10-12-8/h2-5H,1,9H2,(H,10,12). The minimum absolute atomic E-state index is 0.614. The Morgan fingerprint density at radius 3 is 2.92 bits per heavy atom. The molecule has 2 aromatic heterocycles. The van der Waals surface area contributed by atoms with Gasteiger partial charge in [-0.05, 0) is 0 Å². The van der Waals surface area contributed by atoms with Crippen molar-refractivity contribution in [2.45, 2.75) is 0 Å². The smallest absolute Gasteiger partial charge is 0.0911 e. The molecule has 2 aromatic rings. The highest BCUT2D eigenvalue weighted by Crippen LogP contribution is 2.21. The number of nitrogens with zero attached hydrogens (tertiary/aromatic N) is 3. The number of aromatic amines is 1. The number of H-pyrrole nitrogens is 1. The second kappa shape index (κ2) is 2.78. The third-order valence-electron chi connectivity index (χ3n) is 1.75. The van der Waals surface area contributed by atoms with Crippen molar-refractivity contribution in [2.75, 3.05) is 5.73 Å². The maximum Gasteiger partial charge on any atom is 0.0911 e. The number of hydrogen-bond acceptors (Lipinski definition) is 3. The summed E-state index contributed by atoms with van der Waals surface area (Å²) in [6.45, 7) is 3.59. The minimum atomic E-state index is 0.614. The summed E-state index contributed by atoms with van der Waals surface area (Å²) >= 11 is 0. The van der Waals surface area contributed by atoms with Crippen molar-refractivity contribution >= 4 is 11.9 Å². The van der Waals surface area contributed by atoms with Gasteiger partial charge in [-0.15, -0.1) is 0 Å². The summed E-state index contributed by atoms with van der Waals surface area (Å²) < 4.78 is 1.61. The molecule has 13 heavy (non-hydrogen) atoms. The molecule has 0 aromatic carbocycles. The van der Waals surface area contributed by atoms with Gasteiger partial charge in [-0.1, -0.05) is 6.58 Å². The first-order valence-electron chi connectivity index (χ1n) is 3.77. The van der Waals surface area contributed by atoms with Gasteiger partial charge in [-0.2, -0.15) is 10.2 Å². The Labute approximate surface area is 74.9 Å². The first kappa shape index (κ1) is 7.60. The molecule has 0 fully saturated rings. The lowest BCUT2D eigenvalue weighted by Gasteiger charge is -1.91. The van der Waals surface area contributed by atoms with Crippen molar-refractivity contribution in [3.63, 3.8) is 0 Å². The number of anilines is 1. The van der Waals surface area contributed by atoms with E-state index in [-0.39, 0.29) is 0 Å². The predicted octanol–water partition coefficient (Wildman–Crippen LogP) is 0.956. The van der Waals surface area contributed by atoms with E-state index in [1.54, 1.807) is 23.3 Å². The van der Waals surface area contributed by atoms with Crippen LogP contribution in [0.1, 0.15) is 0 Å². The second-order valence-corrected chi connectivity index (χ2v) is 2.59. The molecule has 0 radical (unpaired) electrons. The number of rotatable bonds is 2. The van der Waals surface area contributed by atoms with E-state index in [0.717, 1.165) is 11.3 Å². The van der Waals surface area contributed by atoms with Crippen LogP contribution in [0.4, 0.5) is 5.69 Å². The van der Waals surface area contributed by atoms with Gasteiger partial charge in [0.2, 0.25) is 0 Å². The lowest BCUT2D eigenvalue weighted by atomic mass is 10.2. The number of nitrogen functional groups attached to an aromatic ring is 1. The Kier molecular flexibility index (Phi) is 1.63. The molecule has 2 rings (SSSR count). The Balaban J connectivity index is 2.46. The molecule has 0 aliphatic heterocycles. The highest BCUT2D eigenvalue weighted by atomic mass is 15.2. The number of hydrogen-bond donors (Lipinski definition) is 2. The Bertz CT molecular complexity index is 425. The zero-order chi connectivity index (χ0) is 9.26. The van der Waals surface area contributed by atoms with Gasteiger partial charge in [0, 0.05) is 18.0 Å². The van der Waals surface area contributed by atoms with Crippen LogP contribution in [0.15, 0.2) is 25.2 Å². The largest absolute Gasteiger partial charge is 0.396 e. The summed E-state index contributed by atoms with van der Waals surface area (Å²) in [5, 5.41) is 10.6. The molecule has 0 unspecified atom stereocenters. The van der Waals surface area contributed by atoms with Crippen LogP contribution in [0.3, 0.4) is 0 Å². The summed E-state index contributed by atoms with van der Waals surface area (Å²) in [6.07, 6.45) is 6.69. The van der Waals surface area contributed by atoms with Gasteiger partial charge < -0.3 is 5.73 Å². The normalized spacial score (nSPS) is 10.2. The van der Waals surface area contributed by atoms with Gasteiger partial charge in [0.05, 0.1) is 23.8 Å². The molecular weight excluding hydrogens is 166 g/mol. The van der Waals surface area contributed by atoms with Crippen LogP contribution in [-0.4, -0.2) is 20.0 Å². The van der Waals surface area contributed by atoms with Crippen LogP contribution < -0.4 is 5.73 Å². The second-order valence-electron chi connectivity index (χ2n) is 2.59. The van der Waals surface area contributed by atoms with E-state index in [9.17, 15) is 0 Å². The predicted molar refractivity (Wildman–Crippen MR) is 50.6 cm³/mol. The number of aromatic nitrogens is 4. The SMILES string of the molecule is C=Cn1cc(-c2[nH]ncc2N)cn1. The summed E-state index contributed by atoms with van der Waals surface area (Å²) in [5.41, 5.74) is 7.96. The number of nitrogens with two attached hydrogens (primary N) is 1. The maximum absolute atomic E-state index is 5.67. The first-order chi connectivity index (χ1) is 6.31. The van der Waals surface area contributed by atoms with Crippen LogP contribution in [-0.2, 0) is 0 Å². The molecule has 66 valence electrons. The van der Waals surface area contributed by atoms with Crippen molar-refractivity contribution < 1.29 is 0 Å². The number of nitrogens with one attached hydrogen (secondary N) is 1. The average molecular weight is 175 g/mol. The third-order valence-corrected chi connectivity index (χ3v) is 1.75. The Morgan fingerprint density at radius 1 is 1.54 bits per heavy atom. The summed E-state index contributed by atoms with van der Waals surface area (Å²) in [6, 6.07) is 0. The quantitative estimate of drug-likeness (QED) is 0.713. The highest BCUT2D eigenvalue weighted by molar-refractivity contribution is 5.70. The molecule has 0 amide bonds. The molecule has 0 atom stereocenters. The van der Waals surface area contributed by atoms with E-state index in [1.165, 1.54) is 0 Å². The van der Waals surface area contributed by atoms with Crippen LogP contribution in [0, 0.1) is 0 Å². The molecule has 5 heteroatoms. The molecule has 0 aliphatic rings. The van der Waals surface area contributed by atoms with Crippen LogP contribution in [0.25, 0.3) is 17.5 Å². The van der Waals surface area contributed by atoms with Gasteiger partial charge in [0.15, 0.2) is 0 Å². The maximum atomic E-state index is 5.67. The molecule has 2 heterocycles. The first-order valence-corrected chi connectivity index (χ1v) is 3.77.